The van der Waals surface area contributed by atoms with Gasteiger partial charge < -0.3 is 11.1 Å². The van der Waals surface area contributed by atoms with Crippen LogP contribution in [0.25, 0.3) is 0 Å². The Labute approximate surface area is 125 Å². The molecule has 0 aromatic heterocycles. The smallest absolute Gasteiger partial charge is 0.193 e. The van der Waals surface area contributed by atoms with Crippen LogP contribution in [0.4, 0.5) is 5.69 Å². The third kappa shape index (κ3) is 3.56. The molecule has 6 heteroatoms. The van der Waals surface area contributed by atoms with Crippen LogP contribution in [0.2, 0.25) is 0 Å². The molecule has 3 N–H and O–H groups in total. The van der Waals surface area contributed by atoms with Crippen LogP contribution in [0, 0.1) is 0 Å². The average Bonchev–Trinajstić information content (AvgIpc) is 3.19. The van der Waals surface area contributed by atoms with Crippen molar-refractivity contribution in [3.63, 3.8) is 0 Å². The fourth-order valence-electron chi connectivity index (χ4n) is 2.72. The minimum absolute atomic E-state index is 0.0875. The van der Waals surface area contributed by atoms with Gasteiger partial charge in [-0.25, -0.2) is 8.42 Å². The summed E-state index contributed by atoms with van der Waals surface area (Å²) in [5.41, 5.74) is 9.51. The van der Waals surface area contributed by atoms with Crippen LogP contribution < -0.4 is 11.1 Å². The number of sulfone groups is 1. The first-order chi connectivity index (χ1) is 10.0. The molecule has 1 fully saturated rings. The molecule has 2 aliphatic rings. The van der Waals surface area contributed by atoms with Crippen LogP contribution in [-0.4, -0.2) is 31.9 Å². The van der Waals surface area contributed by atoms with Gasteiger partial charge >= 0.3 is 0 Å². The lowest BCUT2D eigenvalue weighted by molar-refractivity contribution is 0.594. The Balaban J connectivity index is 1.55. The summed E-state index contributed by atoms with van der Waals surface area (Å²) < 4.78 is 23.5. The van der Waals surface area contributed by atoms with E-state index in [1.807, 2.05) is 6.07 Å². The Morgan fingerprint density at radius 2 is 2.05 bits per heavy atom. The highest BCUT2D eigenvalue weighted by molar-refractivity contribution is 7.92. The molecule has 3 rings (SSSR count). The van der Waals surface area contributed by atoms with Crippen molar-refractivity contribution in [2.24, 2.45) is 10.7 Å². The van der Waals surface area contributed by atoms with Crippen molar-refractivity contribution in [2.45, 2.75) is 37.4 Å². The highest BCUT2D eigenvalue weighted by atomic mass is 32.2. The number of rotatable bonds is 5. The maximum absolute atomic E-state index is 11.7. The average molecular weight is 307 g/mol. The van der Waals surface area contributed by atoms with E-state index in [1.165, 1.54) is 17.5 Å². The molecule has 1 saturated carbocycles. The van der Waals surface area contributed by atoms with Crippen LogP contribution in [0.1, 0.15) is 30.4 Å². The van der Waals surface area contributed by atoms with Crippen LogP contribution in [-0.2, 0) is 22.7 Å². The highest BCUT2D eigenvalue weighted by Gasteiger charge is 2.34. The second-order valence-electron chi connectivity index (χ2n) is 5.80. The number of hydrogen-bond donors (Lipinski definition) is 2. The summed E-state index contributed by atoms with van der Waals surface area (Å²) in [4.78, 5) is 4.11. The maximum Gasteiger partial charge on any atom is 0.193 e. The molecule has 0 spiro atoms. The zero-order valence-electron chi connectivity index (χ0n) is 12.0. The number of anilines is 1. The van der Waals surface area contributed by atoms with Gasteiger partial charge in [-0.2, -0.15) is 0 Å². The summed E-state index contributed by atoms with van der Waals surface area (Å²) in [6, 6.07) is 6.22. The first-order valence-corrected chi connectivity index (χ1v) is 9.16. The van der Waals surface area contributed by atoms with E-state index < -0.39 is 9.84 Å². The number of nitrogens with two attached hydrogens (primary N) is 1. The number of hydrogen-bond acceptors (Lipinski definition) is 3. The molecule has 0 atom stereocenters. The van der Waals surface area contributed by atoms with Gasteiger partial charge in [-0.3, -0.25) is 4.99 Å². The van der Waals surface area contributed by atoms with Gasteiger partial charge in [0.15, 0.2) is 15.8 Å². The lowest BCUT2D eigenvalue weighted by Gasteiger charge is -2.08. The van der Waals surface area contributed by atoms with Crippen molar-refractivity contribution >= 4 is 21.5 Å². The van der Waals surface area contributed by atoms with E-state index in [1.54, 1.807) is 0 Å². The molecule has 0 saturated heterocycles. The molecule has 0 amide bonds. The Hall–Kier alpha value is -1.56. The predicted octanol–water partition coefficient (Wildman–Crippen LogP) is 1.48. The molecule has 114 valence electrons. The normalized spacial score (nSPS) is 18.6. The second-order valence-corrected chi connectivity index (χ2v) is 8.20. The van der Waals surface area contributed by atoms with Gasteiger partial charge in [-0.05, 0) is 55.4 Å². The molecule has 5 nitrogen and oxygen atoms in total. The molecule has 0 aliphatic heterocycles. The fraction of sp³-hybridized carbons (Fsp3) is 0.533. The third-order valence-corrected chi connectivity index (χ3v) is 6.30. The minimum Gasteiger partial charge on any atom is -0.370 e. The van der Waals surface area contributed by atoms with E-state index in [-0.39, 0.29) is 23.5 Å². The zero-order valence-corrected chi connectivity index (χ0v) is 12.8. The van der Waals surface area contributed by atoms with Crippen molar-refractivity contribution in [1.29, 1.82) is 0 Å². The summed E-state index contributed by atoms with van der Waals surface area (Å²) in [6.07, 6.45) is 5.07. The standard InChI is InChI=1S/C15H21N3O2S/c16-15(17-8-9-21(19,20)14-6-7-14)18-13-5-4-11-2-1-3-12(11)10-13/h4-5,10,14H,1-3,6-9H2,(H3,16,17,18). The molecule has 0 unspecified atom stereocenters. The molecule has 2 aliphatic carbocycles. The predicted molar refractivity (Wildman–Crippen MR) is 85.4 cm³/mol. The molecule has 1 aromatic rings. The van der Waals surface area contributed by atoms with E-state index in [2.05, 4.69) is 22.4 Å². The topological polar surface area (TPSA) is 84.5 Å². The first kappa shape index (κ1) is 14.4. The lowest BCUT2D eigenvalue weighted by atomic mass is 10.1. The van der Waals surface area contributed by atoms with Gasteiger partial charge in [0, 0.05) is 5.69 Å². The van der Waals surface area contributed by atoms with E-state index in [4.69, 9.17) is 5.73 Å². The molecule has 1 aromatic carbocycles. The quantitative estimate of drug-likeness (QED) is 0.637. The number of fused-ring (bicyclic) bond motifs is 1. The Morgan fingerprint density at radius 3 is 2.81 bits per heavy atom. The van der Waals surface area contributed by atoms with Crippen molar-refractivity contribution in [3.05, 3.63) is 29.3 Å². The van der Waals surface area contributed by atoms with E-state index >= 15 is 0 Å². The highest BCUT2D eigenvalue weighted by Crippen LogP contribution is 2.28. The number of guanidine groups is 1. The van der Waals surface area contributed by atoms with Crippen LogP contribution in [0.15, 0.2) is 23.2 Å². The molecule has 0 bridgehead atoms. The first-order valence-electron chi connectivity index (χ1n) is 7.45. The second kappa shape index (κ2) is 5.67. The summed E-state index contributed by atoms with van der Waals surface area (Å²) in [5.74, 6) is 0.364. The van der Waals surface area contributed by atoms with Crippen molar-refractivity contribution in [2.75, 3.05) is 17.6 Å². The molecule has 0 heterocycles. The molecular weight excluding hydrogens is 286 g/mol. The third-order valence-electron chi connectivity index (χ3n) is 4.06. The zero-order chi connectivity index (χ0) is 14.9. The van der Waals surface area contributed by atoms with Crippen molar-refractivity contribution in [3.8, 4) is 0 Å². The number of benzene rings is 1. The monoisotopic (exact) mass is 307 g/mol. The SMILES string of the molecule is NC(=NCCS(=O)(=O)C1CC1)Nc1ccc2c(c1)CCC2. The van der Waals surface area contributed by atoms with Crippen molar-refractivity contribution < 1.29 is 8.42 Å². The molecule has 0 radical (unpaired) electrons. The van der Waals surface area contributed by atoms with Gasteiger partial charge in [0.2, 0.25) is 0 Å². The summed E-state index contributed by atoms with van der Waals surface area (Å²) in [5, 5.41) is 2.91. The van der Waals surface area contributed by atoms with Crippen molar-refractivity contribution in [1.82, 2.24) is 0 Å². The number of aliphatic imine (C=N–C) groups is 1. The molecular formula is C15H21N3O2S. The Morgan fingerprint density at radius 1 is 1.29 bits per heavy atom. The van der Waals surface area contributed by atoms with E-state index in [0.29, 0.717) is 0 Å². The summed E-state index contributed by atoms with van der Waals surface area (Å²) in [7, 11) is -2.95. The van der Waals surface area contributed by atoms with Gasteiger partial charge in [0.1, 0.15) is 0 Å². The largest absolute Gasteiger partial charge is 0.370 e. The van der Waals surface area contributed by atoms with Crippen LogP contribution in [0.3, 0.4) is 0 Å². The number of nitrogens with zero attached hydrogens (tertiary/aromatic N) is 1. The number of aryl methyl sites for hydroxylation is 2. The van der Waals surface area contributed by atoms with Gasteiger partial charge in [0.05, 0.1) is 17.5 Å². The van der Waals surface area contributed by atoms with Gasteiger partial charge in [-0.1, -0.05) is 6.07 Å². The van der Waals surface area contributed by atoms with Crippen LogP contribution in [0.5, 0.6) is 0 Å². The Kier molecular flexibility index (Phi) is 3.89. The number of nitrogens with one attached hydrogen (secondary N) is 1. The van der Waals surface area contributed by atoms with Gasteiger partial charge in [-0.15, -0.1) is 0 Å². The minimum atomic E-state index is -2.95. The molecule has 21 heavy (non-hydrogen) atoms. The fourth-order valence-corrected chi connectivity index (χ4v) is 4.26. The van der Waals surface area contributed by atoms with E-state index in [0.717, 1.165) is 31.4 Å². The summed E-state index contributed by atoms with van der Waals surface area (Å²) >= 11 is 0. The maximum atomic E-state index is 11.7. The van der Waals surface area contributed by atoms with Gasteiger partial charge in [0.25, 0.3) is 0 Å². The van der Waals surface area contributed by atoms with Crippen LogP contribution >= 0.6 is 0 Å². The Bertz CT molecular complexity index is 663. The summed E-state index contributed by atoms with van der Waals surface area (Å²) in [6.45, 7) is 0.225. The van der Waals surface area contributed by atoms with E-state index in [9.17, 15) is 8.42 Å². The lowest BCUT2D eigenvalue weighted by Crippen LogP contribution is -2.24.